The van der Waals surface area contributed by atoms with E-state index >= 15 is 0 Å². The van der Waals surface area contributed by atoms with Crippen molar-refractivity contribution >= 4 is 17.8 Å². The predicted octanol–water partition coefficient (Wildman–Crippen LogP) is 2.10. The Hall–Kier alpha value is -1.19. The van der Waals surface area contributed by atoms with Crippen LogP contribution in [0, 0.1) is 11.3 Å². The van der Waals surface area contributed by atoms with E-state index in [1.807, 2.05) is 31.9 Å². The fourth-order valence-electron chi connectivity index (χ4n) is 2.43. The minimum atomic E-state index is -0.263. The monoisotopic (exact) mass is 235 g/mol. The average molecular weight is 235 g/mol. The van der Waals surface area contributed by atoms with E-state index in [0.717, 1.165) is 32.4 Å². The van der Waals surface area contributed by atoms with Crippen LogP contribution in [0.3, 0.4) is 0 Å². The Bertz CT molecular complexity index is 357. The maximum Gasteiger partial charge on any atom is 0.227 e. The number of hydrogen-bond acceptors (Lipinski definition) is 3. The number of carbonyl (C=O) groups is 1. The quantitative estimate of drug-likeness (QED) is 0.686. The van der Waals surface area contributed by atoms with Gasteiger partial charge in [0.1, 0.15) is 0 Å². The Kier molecular flexibility index (Phi) is 3.31. The number of hydrogen-bond donors (Lipinski definition) is 0. The molecule has 1 fully saturated rings. The third-order valence-corrected chi connectivity index (χ3v) is 3.46. The molecule has 2 rings (SSSR count). The summed E-state index contributed by atoms with van der Waals surface area (Å²) in [6.07, 6.45) is 4.83. The molecule has 0 radical (unpaired) electrons. The molecule has 0 aliphatic carbocycles. The van der Waals surface area contributed by atoms with E-state index in [0.29, 0.717) is 5.92 Å². The molecule has 2 heterocycles. The molecule has 0 spiro atoms. The summed E-state index contributed by atoms with van der Waals surface area (Å²) in [5, 5.41) is 8.08. The normalized spacial score (nSPS) is 21.8. The molecule has 0 aromatic heterocycles. The largest absolute Gasteiger partial charge is 0.342 e. The van der Waals surface area contributed by atoms with Gasteiger partial charge < -0.3 is 4.90 Å². The zero-order valence-electron chi connectivity index (χ0n) is 10.9. The fourth-order valence-corrected chi connectivity index (χ4v) is 2.43. The molecular weight excluding hydrogens is 214 g/mol. The highest BCUT2D eigenvalue weighted by Crippen LogP contribution is 2.25. The molecule has 2 aliphatic rings. The molecule has 0 N–H and O–H groups in total. The summed E-state index contributed by atoms with van der Waals surface area (Å²) in [7, 11) is 0. The van der Waals surface area contributed by atoms with Crippen LogP contribution in [0.4, 0.5) is 0 Å². The van der Waals surface area contributed by atoms with Crippen LogP contribution in [0.15, 0.2) is 10.2 Å². The van der Waals surface area contributed by atoms with Crippen molar-refractivity contribution in [1.29, 1.82) is 0 Å². The number of nitrogens with zero attached hydrogens (tertiary/aromatic N) is 3. The van der Waals surface area contributed by atoms with Gasteiger partial charge in [-0.05, 0) is 12.8 Å². The van der Waals surface area contributed by atoms with Crippen LogP contribution in [0.1, 0.15) is 40.0 Å². The van der Waals surface area contributed by atoms with Gasteiger partial charge in [0.2, 0.25) is 5.91 Å². The molecule has 0 aromatic rings. The van der Waals surface area contributed by atoms with Gasteiger partial charge in [0, 0.05) is 42.8 Å². The van der Waals surface area contributed by atoms with Crippen molar-refractivity contribution in [3.8, 4) is 0 Å². The topological polar surface area (TPSA) is 45.0 Å². The highest BCUT2D eigenvalue weighted by Gasteiger charge is 2.31. The Labute approximate surface area is 103 Å². The molecule has 0 atom stereocenters. The van der Waals surface area contributed by atoms with E-state index in [9.17, 15) is 4.79 Å². The summed E-state index contributed by atoms with van der Waals surface area (Å²) in [5.41, 5.74) is 0.939. The maximum atomic E-state index is 12.1. The Morgan fingerprint density at radius 2 is 2.00 bits per heavy atom. The first kappa shape index (κ1) is 12.3. The standard InChI is InChI=1S/C13H21N3O/c1-13(2,3)12(17)16-8-5-10(6-9-16)11-4-7-14-15-11/h7,10H,4-6,8-9H2,1-3H3. The molecule has 94 valence electrons. The van der Waals surface area contributed by atoms with Gasteiger partial charge in [-0.25, -0.2) is 0 Å². The van der Waals surface area contributed by atoms with Crippen LogP contribution in [0.25, 0.3) is 0 Å². The molecule has 1 amide bonds. The lowest BCUT2D eigenvalue weighted by atomic mass is 9.88. The summed E-state index contributed by atoms with van der Waals surface area (Å²) in [6, 6.07) is 0. The minimum Gasteiger partial charge on any atom is -0.342 e. The summed E-state index contributed by atoms with van der Waals surface area (Å²) >= 11 is 0. The highest BCUT2D eigenvalue weighted by atomic mass is 16.2. The van der Waals surface area contributed by atoms with Crippen LogP contribution in [0.5, 0.6) is 0 Å². The van der Waals surface area contributed by atoms with Crippen molar-refractivity contribution in [2.24, 2.45) is 21.5 Å². The predicted molar refractivity (Wildman–Crippen MR) is 69.3 cm³/mol. The molecule has 1 saturated heterocycles. The number of amides is 1. The van der Waals surface area contributed by atoms with Crippen LogP contribution >= 0.6 is 0 Å². The smallest absolute Gasteiger partial charge is 0.227 e. The van der Waals surface area contributed by atoms with Crippen molar-refractivity contribution < 1.29 is 4.79 Å². The Balaban J connectivity index is 1.88. The molecule has 2 aliphatic heterocycles. The van der Waals surface area contributed by atoms with Crippen molar-refractivity contribution in [3.05, 3.63) is 0 Å². The van der Waals surface area contributed by atoms with E-state index in [1.54, 1.807) is 0 Å². The SMILES string of the molecule is CC(C)(C)C(=O)N1CCC(C2=NN=CC2)CC1. The molecule has 0 bridgehead atoms. The van der Waals surface area contributed by atoms with E-state index in [-0.39, 0.29) is 11.3 Å². The summed E-state index contributed by atoms with van der Waals surface area (Å²) in [5.74, 6) is 0.794. The van der Waals surface area contributed by atoms with Crippen molar-refractivity contribution in [2.75, 3.05) is 13.1 Å². The number of rotatable bonds is 1. The second kappa shape index (κ2) is 4.59. The van der Waals surface area contributed by atoms with Crippen LogP contribution in [-0.4, -0.2) is 35.8 Å². The fraction of sp³-hybridized carbons (Fsp3) is 0.769. The lowest BCUT2D eigenvalue weighted by Crippen LogP contribution is -2.45. The summed E-state index contributed by atoms with van der Waals surface area (Å²) in [6.45, 7) is 7.67. The first-order valence-electron chi connectivity index (χ1n) is 6.36. The zero-order chi connectivity index (χ0) is 12.5. The molecule has 0 unspecified atom stereocenters. The summed E-state index contributed by atoms with van der Waals surface area (Å²) in [4.78, 5) is 14.1. The van der Waals surface area contributed by atoms with Gasteiger partial charge in [0.15, 0.2) is 0 Å². The van der Waals surface area contributed by atoms with Crippen LogP contribution in [0.2, 0.25) is 0 Å². The maximum absolute atomic E-state index is 12.1. The van der Waals surface area contributed by atoms with Crippen molar-refractivity contribution in [1.82, 2.24) is 4.90 Å². The Morgan fingerprint density at radius 1 is 1.35 bits per heavy atom. The van der Waals surface area contributed by atoms with E-state index in [1.165, 1.54) is 5.71 Å². The van der Waals surface area contributed by atoms with Gasteiger partial charge in [0.25, 0.3) is 0 Å². The second-order valence-corrected chi connectivity index (χ2v) is 5.91. The summed E-state index contributed by atoms with van der Waals surface area (Å²) < 4.78 is 0. The Morgan fingerprint density at radius 3 is 2.47 bits per heavy atom. The van der Waals surface area contributed by atoms with Crippen LogP contribution < -0.4 is 0 Å². The van der Waals surface area contributed by atoms with Crippen LogP contribution in [-0.2, 0) is 4.79 Å². The molecule has 0 saturated carbocycles. The molecule has 4 nitrogen and oxygen atoms in total. The molecule has 0 aromatic carbocycles. The molecule has 17 heavy (non-hydrogen) atoms. The van der Waals surface area contributed by atoms with Crippen molar-refractivity contribution in [2.45, 2.75) is 40.0 Å². The molecular formula is C13H21N3O. The highest BCUT2D eigenvalue weighted by molar-refractivity contribution is 5.99. The van der Waals surface area contributed by atoms with Gasteiger partial charge in [-0.1, -0.05) is 20.8 Å². The first-order valence-corrected chi connectivity index (χ1v) is 6.36. The van der Waals surface area contributed by atoms with E-state index in [2.05, 4.69) is 10.2 Å². The second-order valence-electron chi connectivity index (χ2n) is 5.91. The van der Waals surface area contributed by atoms with E-state index in [4.69, 9.17) is 0 Å². The third kappa shape index (κ3) is 2.73. The minimum absolute atomic E-state index is 0.263. The lowest BCUT2D eigenvalue weighted by Gasteiger charge is -2.35. The average Bonchev–Trinajstić information content (AvgIpc) is 2.80. The van der Waals surface area contributed by atoms with Gasteiger partial charge in [-0.2, -0.15) is 10.2 Å². The van der Waals surface area contributed by atoms with Gasteiger partial charge in [0.05, 0.1) is 0 Å². The zero-order valence-corrected chi connectivity index (χ0v) is 10.9. The lowest BCUT2D eigenvalue weighted by molar-refractivity contribution is -0.140. The van der Waals surface area contributed by atoms with Crippen molar-refractivity contribution in [3.63, 3.8) is 0 Å². The van der Waals surface area contributed by atoms with E-state index < -0.39 is 0 Å². The molecule has 4 heteroatoms. The van der Waals surface area contributed by atoms with Gasteiger partial charge in [-0.15, -0.1) is 0 Å². The number of likely N-dealkylation sites (tertiary alicyclic amines) is 1. The first-order chi connectivity index (χ1) is 7.98. The third-order valence-electron chi connectivity index (χ3n) is 3.46. The number of piperidine rings is 1. The van der Waals surface area contributed by atoms with Gasteiger partial charge >= 0.3 is 0 Å². The van der Waals surface area contributed by atoms with Gasteiger partial charge in [-0.3, -0.25) is 4.79 Å². The number of carbonyl (C=O) groups excluding carboxylic acids is 1.